The fourth-order valence-electron chi connectivity index (χ4n) is 8.30. The number of rotatable bonds is 20. The number of carbonyl (C=O) groups is 2. The molecule has 8 rings (SSSR count). The average molecular weight is 997 g/mol. The van der Waals surface area contributed by atoms with E-state index in [-0.39, 0.29) is 23.1 Å². The Balaban J connectivity index is 0.000000214. The number of nitrogens with zero attached hydrogens (tertiary/aromatic N) is 4. The molecule has 0 saturated heterocycles. The van der Waals surface area contributed by atoms with Gasteiger partial charge in [-0.1, -0.05) is 98.5 Å². The van der Waals surface area contributed by atoms with E-state index in [0.29, 0.717) is 19.6 Å². The number of para-hydroxylation sites is 1. The zero-order chi connectivity index (χ0) is 51.5. The molecule has 0 aliphatic carbocycles. The largest absolute Gasteiger partial charge is 0.412 e. The first-order chi connectivity index (χ1) is 35.4. The highest BCUT2D eigenvalue weighted by molar-refractivity contribution is 5.80. The maximum atomic E-state index is 13.6. The summed E-state index contributed by atoms with van der Waals surface area (Å²) >= 11 is 0. The van der Waals surface area contributed by atoms with E-state index in [2.05, 4.69) is 44.0 Å². The first kappa shape index (κ1) is 52.7. The maximum absolute atomic E-state index is 13.6. The molecule has 0 aliphatic rings. The van der Waals surface area contributed by atoms with Crippen molar-refractivity contribution < 1.29 is 41.0 Å². The zero-order valence-corrected chi connectivity index (χ0v) is 40.7. The molecular weight excluding hydrogens is 940 g/mol. The van der Waals surface area contributed by atoms with Crippen LogP contribution in [0.4, 0.5) is 31.5 Å². The number of hydrogen-bond donors (Lipinski definition) is 2. The van der Waals surface area contributed by atoms with Gasteiger partial charge in [0, 0.05) is 54.5 Å². The van der Waals surface area contributed by atoms with E-state index < -0.39 is 29.6 Å². The summed E-state index contributed by atoms with van der Waals surface area (Å²) in [7, 11) is 0. The highest BCUT2D eigenvalue weighted by Crippen LogP contribution is 2.35. The van der Waals surface area contributed by atoms with E-state index in [0.717, 1.165) is 127 Å². The molecule has 2 aromatic heterocycles. The number of halogens is 5. The van der Waals surface area contributed by atoms with Gasteiger partial charge in [-0.05, 0) is 112 Å². The topological polar surface area (TPSA) is 112 Å². The molecule has 0 radical (unpaired) electrons. The fourth-order valence-corrected chi connectivity index (χ4v) is 8.30. The molecule has 0 fully saturated rings. The third kappa shape index (κ3) is 15.0. The minimum Gasteiger partial charge on any atom is -0.410 e. The third-order valence-corrected chi connectivity index (χ3v) is 11.9. The molecule has 2 N–H and O–H groups in total. The van der Waals surface area contributed by atoms with Crippen LogP contribution >= 0.6 is 0 Å². The summed E-state index contributed by atoms with van der Waals surface area (Å²) in [5.74, 6) is -1.61. The van der Waals surface area contributed by atoms with Crippen molar-refractivity contribution >= 4 is 12.2 Å². The van der Waals surface area contributed by atoms with Gasteiger partial charge in [0.2, 0.25) is 0 Å². The lowest BCUT2D eigenvalue weighted by molar-refractivity contribution is 0.197. The van der Waals surface area contributed by atoms with Crippen molar-refractivity contribution in [2.45, 2.75) is 78.3 Å². The van der Waals surface area contributed by atoms with Crippen LogP contribution in [0.2, 0.25) is 0 Å². The molecule has 2 heterocycles. The van der Waals surface area contributed by atoms with Crippen LogP contribution in [0.25, 0.3) is 45.0 Å². The molecule has 378 valence electrons. The molecule has 10 nitrogen and oxygen atoms in total. The summed E-state index contributed by atoms with van der Waals surface area (Å²) in [5, 5.41) is 5.28. The molecule has 2 amide bonds. The van der Waals surface area contributed by atoms with E-state index >= 15 is 0 Å². The Hall–Kier alpha value is -8.07. The van der Waals surface area contributed by atoms with Crippen molar-refractivity contribution in [1.82, 2.24) is 29.7 Å². The van der Waals surface area contributed by atoms with E-state index in [4.69, 9.17) is 19.4 Å². The summed E-state index contributed by atoms with van der Waals surface area (Å²) in [6.07, 6.45) is 5.74. The van der Waals surface area contributed by atoms with Crippen LogP contribution in [-0.4, -0.2) is 44.4 Å². The van der Waals surface area contributed by atoms with E-state index in [1.165, 1.54) is 48.5 Å². The number of imidazole rings is 2. The minimum absolute atomic E-state index is 0.0359. The summed E-state index contributed by atoms with van der Waals surface area (Å²) in [6, 6.07) is 41.8. The number of nitrogens with one attached hydrogen (secondary N) is 2. The first-order valence-electron chi connectivity index (χ1n) is 24.3. The molecule has 0 unspecified atom stereocenters. The summed E-state index contributed by atoms with van der Waals surface area (Å²) < 4.78 is 81.2. The van der Waals surface area contributed by atoms with Gasteiger partial charge in [-0.2, -0.15) is 0 Å². The Labute approximate surface area is 421 Å². The minimum atomic E-state index is -1.06. The van der Waals surface area contributed by atoms with Gasteiger partial charge < -0.3 is 29.2 Å². The Kier molecular flexibility index (Phi) is 19.1. The molecule has 15 heteroatoms. The second-order valence-corrected chi connectivity index (χ2v) is 17.2. The normalized spacial score (nSPS) is 10.9. The van der Waals surface area contributed by atoms with Gasteiger partial charge in [-0.25, -0.2) is 41.5 Å². The van der Waals surface area contributed by atoms with Crippen LogP contribution in [0.3, 0.4) is 0 Å². The van der Waals surface area contributed by atoms with Crippen molar-refractivity contribution in [2.75, 3.05) is 13.1 Å². The van der Waals surface area contributed by atoms with Crippen molar-refractivity contribution in [3.05, 3.63) is 192 Å². The maximum Gasteiger partial charge on any atom is 0.412 e. The predicted octanol–water partition coefficient (Wildman–Crippen LogP) is 14.4. The van der Waals surface area contributed by atoms with Gasteiger partial charge in [-0.15, -0.1) is 0 Å². The predicted molar refractivity (Wildman–Crippen MR) is 273 cm³/mol. The average Bonchev–Trinajstić information content (AvgIpc) is 3.91. The quantitative estimate of drug-likeness (QED) is 0.0581. The van der Waals surface area contributed by atoms with E-state index in [9.17, 15) is 31.5 Å². The van der Waals surface area contributed by atoms with Crippen molar-refractivity contribution in [3.8, 4) is 56.5 Å². The van der Waals surface area contributed by atoms with Gasteiger partial charge in [0.25, 0.3) is 0 Å². The monoisotopic (exact) mass is 996 g/mol. The second-order valence-electron chi connectivity index (χ2n) is 17.2. The van der Waals surface area contributed by atoms with Crippen LogP contribution in [0, 0.1) is 42.9 Å². The molecule has 0 saturated carbocycles. The molecule has 0 bridgehead atoms. The van der Waals surface area contributed by atoms with E-state index in [1.54, 1.807) is 30.3 Å². The smallest absolute Gasteiger partial charge is 0.410 e. The number of ether oxygens (including phenoxy) is 2. The van der Waals surface area contributed by atoms with Gasteiger partial charge >= 0.3 is 12.2 Å². The third-order valence-electron chi connectivity index (χ3n) is 11.9. The Morgan fingerprint density at radius 3 is 1.41 bits per heavy atom. The Morgan fingerprint density at radius 2 is 0.890 bits per heavy atom. The highest BCUT2D eigenvalue weighted by atomic mass is 19.2. The van der Waals surface area contributed by atoms with E-state index in [1.807, 2.05) is 50.2 Å². The molecular formula is C58H57F5N6O4. The van der Waals surface area contributed by atoms with Crippen LogP contribution in [0.1, 0.15) is 63.0 Å². The van der Waals surface area contributed by atoms with Crippen LogP contribution in [0.15, 0.2) is 152 Å². The van der Waals surface area contributed by atoms with Gasteiger partial charge in [0.05, 0.1) is 22.8 Å². The zero-order valence-electron chi connectivity index (χ0n) is 40.7. The van der Waals surface area contributed by atoms with Crippen molar-refractivity contribution in [1.29, 1.82) is 0 Å². The number of benzene rings is 6. The summed E-state index contributed by atoms with van der Waals surface area (Å²) in [5.41, 5.74) is 7.56. The lowest BCUT2D eigenvalue weighted by Crippen LogP contribution is -2.28. The standard InChI is InChI=1S/C29H28F3N3O2.C29H29F2N3O2/c1-20-34-27(21-10-14-23(30)15-11-21)28(22-12-16-24(31)17-13-22)35(20)19-7-3-2-6-18-33-29(36)37-26-9-5-4-8-25(26)32;1-21-33-27(22-12-6-4-7-13-22)28(23-14-8-5-9-15-23)34(21)19-11-3-2-10-18-32-29(35)36-24-16-17-25(30)26(31)20-24/h4-5,8-17H,2-3,6-7,18-19H2,1H3,(H,33,36);4-9,12-17,20H,2-3,10-11,18-19H2,1H3,(H,32,35). The number of unbranched alkanes of at least 4 members (excludes halogenated alkanes) is 6. The highest BCUT2D eigenvalue weighted by Gasteiger charge is 2.20. The number of aromatic nitrogens is 4. The van der Waals surface area contributed by atoms with Gasteiger partial charge in [0.1, 0.15) is 29.0 Å². The Morgan fingerprint density at radius 1 is 0.452 bits per heavy atom. The van der Waals surface area contributed by atoms with Crippen LogP contribution < -0.4 is 20.1 Å². The molecule has 8 aromatic rings. The summed E-state index contributed by atoms with van der Waals surface area (Å²) in [4.78, 5) is 33.4. The first-order valence-corrected chi connectivity index (χ1v) is 24.3. The van der Waals surface area contributed by atoms with Crippen LogP contribution in [0.5, 0.6) is 11.5 Å². The molecule has 73 heavy (non-hydrogen) atoms. The number of aryl methyl sites for hydroxylation is 2. The molecule has 0 atom stereocenters. The molecule has 0 aliphatic heterocycles. The number of amides is 2. The molecule has 0 spiro atoms. The van der Waals surface area contributed by atoms with Gasteiger partial charge in [0.15, 0.2) is 23.2 Å². The fraction of sp³-hybridized carbons (Fsp3) is 0.241. The van der Waals surface area contributed by atoms with Crippen molar-refractivity contribution in [3.63, 3.8) is 0 Å². The van der Waals surface area contributed by atoms with Crippen LogP contribution in [-0.2, 0) is 13.1 Å². The number of carbonyl (C=O) groups excluding carboxylic acids is 2. The number of hydrogen-bond acceptors (Lipinski definition) is 6. The van der Waals surface area contributed by atoms with Gasteiger partial charge in [-0.3, -0.25) is 0 Å². The summed E-state index contributed by atoms with van der Waals surface area (Å²) in [6.45, 7) is 6.39. The second kappa shape index (κ2) is 26.4. The van der Waals surface area contributed by atoms with Crippen molar-refractivity contribution in [2.24, 2.45) is 0 Å². The lowest BCUT2D eigenvalue weighted by atomic mass is 10.0. The Bertz CT molecular complexity index is 3040. The SMILES string of the molecule is Cc1nc(-c2ccc(F)cc2)c(-c2ccc(F)cc2)n1CCCCCCNC(=O)Oc1ccccc1F.Cc1nc(-c2ccccc2)c(-c2ccccc2)n1CCCCCCNC(=O)Oc1ccc(F)c(F)c1. The lowest BCUT2D eigenvalue weighted by Gasteiger charge is -2.12. The molecule has 6 aromatic carbocycles.